The molecule has 0 aromatic carbocycles. The zero-order valence-electron chi connectivity index (χ0n) is 13.6. The van der Waals surface area contributed by atoms with Crippen molar-refractivity contribution in [1.82, 2.24) is 29.0 Å². The van der Waals surface area contributed by atoms with Crippen molar-refractivity contribution in [1.29, 1.82) is 0 Å². The molecule has 2 aliphatic heterocycles. The molecule has 1 fully saturated rings. The fraction of sp³-hybridized carbons (Fsp3) is 0.533. The molecule has 9 heteroatoms. The Morgan fingerprint density at radius 3 is 2.67 bits per heavy atom. The number of amides is 1. The maximum Gasteiger partial charge on any atom is 0.332 e. The van der Waals surface area contributed by atoms with Crippen LogP contribution in [0.15, 0.2) is 21.9 Å². The van der Waals surface area contributed by atoms with Gasteiger partial charge < -0.3 is 4.90 Å². The van der Waals surface area contributed by atoms with Crippen LogP contribution in [0.25, 0.3) is 0 Å². The lowest BCUT2D eigenvalue weighted by Crippen LogP contribution is -2.42. The minimum absolute atomic E-state index is 0.0572. The summed E-state index contributed by atoms with van der Waals surface area (Å²) in [4.78, 5) is 38.4. The summed E-state index contributed by atoms with van der Waals surface area (Å²) in [7, 11) is 3.23. The van der Waals surface area contributed by atoms with Crippen LogP contribution in [0.4, 0.5) is 0 Å². The number of hydrogen-bond donors (Lipinski definition) is 0. The molecule has 1 spiro atoms. The van der Waals surface area contributed by atoms with Crippen LogP contribution in [0.3, 0.4) is 0 Å². The summed E-state index contributed by atoms with van der Waals surface area (Å²) in [6.07, 6.45) is 2.99. The third kappa shape index (κ3) is 2.04. The monoisotopic (exact) mass is 330 g/mol. The number of carbonyl (C=O) groups is 1. The van der Waals surface area contributed by atoms with Gasteiger partial charge in [-0.2, -0.15) is 10.2 Å². The van der Waals surface area contributed by atoms with Crippen LogP contribution < -0.4 is 11.1 Å². The minimum atomic E-state index is -0.614. The van der Waals surface area contributed by atoms with Crippen LogP contribution >= 0.6 is 0 Å². The molecule has 0 saturated carbocycles. The van der Waals surface area contributed by atoms with E-state index in [1.165, 1.54) is 11.6 Å². The summed E-state index contributed by atoms with van der Waals surface area (Å²) in [6.45, 7) is 1.63. The molecule has 0 N–H and O–H groups in total. The number of rotatable bonds is 1. The first-order valence-corrected chi connectivity index (χ1v) is 7.85. The Morgan fingerprint density at radius 2 is 1.96 bits per heavy atom. The molecule has 24 heavy (non-hydrogen) atoms. The summed E-state index contributed by atoms with van der Waals surface area (Å²) < 4.78 is 4.13. The maximum absolute atomic E-state index is 12.6. The number of aryl methyl sites for hydroxylation is 2. The molecule has 2 aliphatic rings. The van der Waals surface area contributed by atoms with Gasteiger partial charge in [-0.25, -0.2) is 4.68 Å². The average Bonchev–Trinajstić information content (AvgIpc) is 3.24. The molecule has 0 radical (unpaired) electrons. The van der Waals surface area contributed by atoms with Crippen molar-refractivity contribution < 1.29 is 4.79 Å². The summed E-state index contributed by atoms with van der Waals surface area (Å²) >= 11 is 0. The van der Waals surface area contributed by atoms with Crippen molar-refractivity contribution in [2.24, 2.45) is 19.5 Å². The molecule has 1 unspecified atom stereocenters. The van der Waals surface area contributed by atoms with E-state index >= 15 is 0 Å². The van der Waals surface area contributed by atoms with E-state index in [-0.39, 0.29) is 11.3 Å². The number of hydrogen-bond acceptors (Lipinski definition) is 5. The first-order chi connectivity index (χ1) is 11.4. The lowest BCUT2D eigenvalue weighted by molar-refractivity contribution is 0.0761. The molecule has 126 valence electrons. The van der Waals surface area contributed by atoms with Crippen LogP contribution in [-0.4, -0.2) is 48.0 Å². The molecule has 4 heterocycles. The first-order valence-electron chi connectivity index (χ1n) is 7.85. The van der Waals surface area contributed by atoms with E-state index in [2.05, 4.69) is 10.2 Å². The minimum Gasteiger partial charge on any atom is -0.337 e. The molecular formula is C15H18N6O3. The second kappa shape index (κ2) is 4.89. The molecule has 1 atom stereocenters. The lowest BCUT2D eigenvalue weighted by atomic mass is 9.86. The van der Waals surface area contributed by atoms with Crippen molar-refractivity contribution in [3.8, 4) is 0 Å². The Bertz CT molecular complexity index is 955. The Balaban J connectivity index is 1.61. The highest BCUT2D eigenvalue weighted by Crippen LogP contribution is 2.39. The molecule has 2 aromatic rings. The smallest absolute Gasteiger partial charge is 0.332 e. The SMILES string of the molecule is Cn1nccc1C(=O)N1CCC2(Cc3nn(C)c(=O)c(=O)n3C2)C1. The highest BCUT2D eigenvalue weighted by molar-refractivity contribution is 5.92. The van der Waals surface area contributed by atoms with E-state index in [1.54, 1.807) is 28.9 Å². The summed E-state index contributed by atoms with van der Waals surface area (Å²) in [5.74, 6) is 0.565. The Hall–Kier alpha value is -2.71. The Morgan fingerprint density at radius 1 is 1.17 bits per heavy atom. The standard InChI is InChI=1S/C15H18N6O3/c1-18-10(3-5-16-18)12(22)20-6-4-15(8-20)7-11-17-19(2)13(23)14(24)21(11)9-15/h3,5H,4,6-9H2,1-2H3. The first kappa shape index (κ1) is 14.9. The van der Waals surface area contributed by atoms with Gasteiger partial charge in [0.25, 0.3) is 5.91 Å². The number of likely N-dealkylation sites (tertiary alicyclic amines) is 1. The number of carbonyl (C=O) groups excluding carboxylic acids is 1. The Kier molecular flexibility index (Phi) is 3.03. The van der Waals surface area contributed by atoms with Crippen molar-refractivity contribution >= 4 is 5.91 Å². The van der Waals surface area contributed by atoms with Crippen LogP contribution in [0.1, 0.15) is 22.7 Å². The third-order valence-corrected chi connectivity index (χ3v) is 5.09. The fourth-order valence-electron chi connectivity index (χ4n) is 3.79. The van der Waals surface area contributed by atoms with Gasteiger partial charge >= 0.3 is 11.1 Å². The predicted octanol–water partition coefficient (Wildman–Crippen LogP) is -1.24. The highest BCUT2D eigenvalue weighted by Gasteiger charge is 2.46. The molecule has 0 aliphatic carbocycles. The number of nitrogens with zero attached hydrogens (tertiary/aromatic N) is 6. The van der Waals surface area contributed by atoms with E-state index in [0.29, 0.717) is 37.6 Å². The third-order valence-electron chi connectivity index (χ3n) is 5.09. The fourth-order valence-corrected chi connectivity index (χ4v) is 3.79. The van der Waals surface area contributed by atoms with Crippen LogP contribution in [-0.2, 0) is 27.1 Å². The Labute approximate surface area is 137 Å². The zero-order valence-corrected chi connectivity index (χ0v) is 13.6. The summed E-state index contributed by atoms with van der Waals surface area (Å²) in [5, 5.41) is 8.25. The molecule has 2 aromatic heterocycles. The van der Waals surface area contributed by atoms with Gasteiger partial charge in [0.1, 0.15) is 11.5 Å². The lowest BCUT2D eigenvalue weighted by Gasteiger charge is -2.22. The number of fused-ring (bicyclic) bond motifs is 1. The van der Waals surface area contributed by atoms with Crippen LogP contribution in [0, 0.1) is 5.41 Å². The van der Waals surface area contributed by atoms with Crippen molar-refractivity contribution in [2.75, 3.05) is 13.1 Å². The average molecular weight is 330 g/mol. The molecule has 0 bridgehead atoms. The van der Waals surface area contributed by atoms with Gasteiger partial charge in [-0.05, 0) is 12.5 Å². The van der Waals surface area contributed by atoms with E-state index in [1.807, 2.05) is 0 Å². The topological polar surface area (TPSA) is 95.0 Å². The van der Waals surface area contributed by atoms with Gasteiger partial charge in [-0.15, -0.1) is 0 Å². The highest BCUT2D eigenvalue weighted by atomic mass is 16.2. The van der Waals surface area contributed by atoms with E-state index < -0.39 is 11.1 Å². The van der Waals surface area contributed by atoms with Gasteiger partial charge in [0.05, 0.1) is 0 Å². The van der Waals surface area contributed by atoms with Crippen molar-refractivity contribution in [3.63, 3.8) is 0 Å². The van der Waals surface area contributed by atoms with Gasteiger partial charge in [0.2, 0.25) is 0 Å². The zero-order chi connectivity index (χ0) is 17.1. The second-order valence-corrected chi connectivity index (χ2v) is 6.73. The van der Waals surface area contributed by atoms with Gasteiger partial charge in [0.15, 0.2) is 0 Å². The van der Waals surface area contributed by atoms with Crippen LogP contribution in [0.5, 0.6) is 0 Å². The largest absolute Gasteiger partial charge is 0.337 e. The van der Waals surface area contributed by atoms with Crippen molar-refractivity contribution in [2.45, 2.75) is 19.4 Å². The molecule has 1 saturated heterocycles. The van der Waals surface area contributed by atoms with Gasteiger partial charge in [-0.1, -0.05) is 0 Å². The molecular weight excluding hydrogens is 312 g/mol. The van der Waals surface area contributed by atoms with Gasteiger partial charge in [-0.3, -0.25) is 23.6 Å². The van der Waals surface area contributed by atoms with E-state index in [9.17, 15) is 14.4 Å². The second-order valence-electron chi connectivity index (χ2n) is 6.73. The maximum atomic E-state index is 12.6. The summed E-state index contributed by atoms with van der Waals surface area (Å²) in [6, 6.07) is 1.70. The molecule has 9 nitrogen and oxygen atoms in total. The van der Waals surface area contributed by atoms with E-state index in [4.69, 9.17) is 0 Å². The quantitative estimate of drug-likeness (QED) is 0.610. The van der Waals surface area contributed by atoms with Crippen molar-refractivity contribution in [3.05, 3.63) is 44.5 Å². The summed E-state index contributed by atoms with van der Waals surface area (Å²) in [5.41, 5.74) is -0.813. The predicted molar refractivity (Wildman–Crippen MR) is 83.6 cm³/mol. The molecule has 4 rings (SSSR count). The number of aromatic nitrogens is 5. The van der Waals surface area contributed by atoms with Crippen LogP contribution in [0.2, 0.25) is 0 Å². The molecule has 1 amide bonds. The normalized spacial score (nSPS) is 22.3. The van der Waals surface area contributed by atoms with E-state index in [0.717, 1.165) is 11.1 Å². The van der Waals surface area contributed by atoms with Gasteiger partial charge in [0, 0.05) is 51.8 Å².